The predicted octanol–water partition coefficient (Wildman–Crippen LogP) is 3.24. The van der Waals surface area contributed by atoms with Gasteiger partial charge in [-0.15, -0.1) is 0 Å². The molecule has 0 spiro atoms. The van der Waals surface area contributed by atoms with Crippen molar-refractivity contribution in [3.05, 3.63) is 47.5 Å². The number of hydrogen-bond acceptors (Lipinski definition) is 5. The van der Waals surface area contributed by atoms with E-state index in [2.05, 4.69) is 0 Å². The number of alkyl halides is 3. The number of nitrogens with zero attached hydrogens (tertiary/aromatic N) is 1. The predicted molar refractivity (Wildman–Crippen MR) is 85.4 cm³/mol. The number of carbonyl (C=O) groups is 1. The summed E-state index contributed by atoms with van der Waals surface area (Å²) >= 11 is 0. The van der Waals surface area contributed by atoms with Gasteiger partial charge >= 0.3 is 12.1 Å². The third-order valence-electron chi connectivity index (χ3n) is 4.15. The molecule has 2 aromatic carbocycles. The SMILES string of the molecule is O=C(N(Cc1ccc2c(c1)OCO2)Cc1ccc2c(c1)OCO2)C(F)(F)F. The minimum absolute atomic E-state index is 0.0567. The average molecular weight is 381 g/mol. The van der Waals surface area contributed by atoms with E-state index in [1.54, 1.807) is 36.4 Å². The molecule has 0 aliphatic carbocycles. The van der Waals surface area contributed by atoms with Gasteiger partial charge in [-0.2, -0.15) is 13.2 Å². The van der Waals surface area contributed by atoms with Gasteiger partial charge in [-0.05, 0) is 35.4 Å². The lowest BCUT2D eigenvalue weighted by Gasteiger charge is -2.24. The minimum Gasteiger partial charge on any atom is -0.454 e. The van der Waals surface area contributed by atoms with Crippen LogP contribution in [0.1, 0.15) is 11.1 Å². The molecule has 6 nitrogen and oxygen atoms in total. The van der Waals surface area contributed by atoms with Crippen LogP contribution in [0.25, 0.3) is 0 Å². The van der Waals surface area contributed by atoms with Crippen LogP contribution < -0.4 is 18.9 Å². The van der Waals surface area contributed by atoms with Crippen LogP contribution in [-0.4, -0.2) is 30.6 Å². The lowest BCUT2D eigenvalue weighted by molar-refractivity contribution is -0.186. The fraction of sp³-hybridized carbons (Fsp3) is 0.278. The number of ether oxygens (including phenoxy) is 4. The van der Waals surface area contributed by atoms with E-state index in [1.807, 2.05) is 0 Å². The zero-order valence-corrected chi connectivity index (χ0v) is 13.9. The molecule has 4 rings (SSSR count). The van der Waals surface area contributed by atoms with Crippen molar-refractivity contribution in [3.63, 3.8) is 0 Å². The van der Waals surface area contributed by atoms with Gasteiger partial charge in [-0.25, -0.2) is 0 Å². The van der Waals surface area contributed by atoms with Gasteiger partial charge in [0, 0.05) is 13.1 Å². The number of benzene rings is 2. The Bertz CT molecular complexity index is 824. The van der Waals surface area contributed by atoms with Crippen LogP contribution in [0.5, 0.6) is 23.0 Å². The molecular weight excluding hydrogens is 367 g/mol. The molecule has 2 aromatic rings. The first kappa shape index (κ1) is 17.3. The zero-order chi connectivity index (χ0) is 19.0. The van der Waals surface area contributed by atoms with Gasteiger partial charge in [-0.3, -0.25) is 4.79 Å². The van der Waals surface area contributed by atoms with Crippen molar-refractivity contribution in [2.75, 3.05) is 13.6 Å². The Labute approximate surface area is 152 Å². The first-order valence-corrected chi connectivity index (χ1v) is 8.03. The van der Waals surface area contributed by atoms with Crippen molar-refractivity contribution in [1.82, 2.24) is 4.90 Å². The van der Waals surface area contributed by atoms with E-state index in [-0.39, 0.29) is 26.7 Å². The molecule has 0 aromatic heterocycles. The summed E-state index contributed by atoms with van der Waals surface area (Å²) in [4.78, 5) is 12.7. The smallest absolute Gasteiger partial charge is 0.454 e. The summed E-state index contributed by atoms with van der Waals surface area (Å²) in [7, 11) is 0. The van der Waals surface area contributed by atoms with Crippen molar-refractivity contribution >= 4 is 5.91 Å². The van der Waals surface area contributed by atoms with Gasteiger partial charge in [0.1, 0.15) is 0 Å². The Morgan fingerprint density at radius 1 is 0.815 bits per heavy atom. The van der Waals surface area contributed by atoms with Crippen LogP contribution in [0.3, 0.4) is 0 Å². The molecule has 0 fully saturated rings. The van der Waals surface area contributed by atoms with E-state index in [0.717, 1.165) is 4.90 Å². The third kappa shape index (κ3) is 3.57. The number of halogens is 3. The summed E-state index contributed by atoms with van der Waals surface area (Å²) in [5.41, 5.74) is 0.996. The van der Waals surface area contributed by atoms with Crippen LogP contribution in [-0.2, 0) is 17.9 Å². The summed E-state index contributed by atoms with van der Waals surface area (Å²) in [6.07, 6.45) is -4.98. The van der Waals surface area contributed by atoms with E-state index in [9.17, 15) is 18.0 Å². The second-order valence-corrected chi connectivity index (χ2v) is 6.03. The highest BCUT2D eigenvalue weighted by molar-refractivity contribution is 5.81. The molecule has 2 aliphatic rings. The summed E-state index contributed by atoms with van der Waals surface area (Å²) in [6, 6.07) is 9.55. The highest BCUT2D eigenvalue weighted by atomic mass is 19.4. The van der Waals surface area contributed by atoms with E-state index >= 15 is 0 Å². The molecule has 0 N–H and O–H groups in total. The lowest BCUT2D eigenvalue weighted by atomic mass is 10.1. The Morgan fingerprint density at radius 3 is 1.70 bits per heavy atom. The molecule has 0 atom stereocenters. The quantitative estimate of drug-likeness (QED) is 0.814. The van der Waals surface area contributed by atoms with Crippen LogP contribution in [0, 0.1) is 0 Å². The van der Waals surface area contributed by atoms with Crippen molar-refractivity contribution in [3.8, 4) is 23.0 Å². The number of rotatable bonds is 4. The molecule has 2 aliphatic heterocycles. The summed E-state index contributed by atoms with van der Waals surface area (Å²) in [6.45, 7) is -0.352. The fourth-order valence-corrected chi connectivity index (χ4v) is 2.90. The molecule has 0 saturated heterocycles. The monoisotopic (exact) mass is 381 g/mol. The van der Waals surface area contributed by atoms with Crippen molar-refractivity contribution in [2.24, 2.45) is 0 Å². The second-order valence-electron chi connectivity index (χ2n) is 6.03. The van der Waals surface area contributed by atoms with Crippen molar-refractivity contribution < 1.29 is 36.9 Å². The number of fused-ring (bicyclic) bond motifs is 2. The number of hydrogen-bond donors (Lipinski definition) is 0. The molecule has 0 saturated carbocycles. The maximum atomic E-state index is 13.1. The van der Waals surface area contributed by atoms with Gasteiger partial charge in [0.15, 0.2) is 23.0 Å². The topological polar surface area (TPSA) is 57.2 Å². The minimum atomic E-state index is -4.98. The maximum absolute atomic E-state index is 13.1. The Kier molecular flexibility index (Phi) is 4.21. The molecular formula is C18H14F3NO5. The molecule has 0 bridgehead atoms. The highest BCUT2D eigenvalue weighted by Crippen LogP contribution is 2.35. The molecule has 142 valence electrons. The number of carbonyl (C=O) groups excluding carboxylic acids is 1. The molecule has 27 heavy (non-hydrogen) atoms. The Hall–Kier alpha value is -3.10. The standard InChI is InChI=1S/C18H14F3NO5/c19-18(20,21)17(23)22(7-11-1-3-13-15(5-11)26-9-24-13)8-12-2-4-14-16(6-12)27-10-25-14/h1-6H,7-10H2. The van der Waals surface area contributed by atoms with Gasteiger partial charge in [0.2, 0.25) is 13.6 Å². The van der Waals surface area contributed by atoms with Crippen molar-refractivity contribution in [2.45, 2.75) is 19.3 Å². The largest absolute Gasteiger partial charge is 0.471 e. The fourth-order valence-electron chi connectivity index (χ4n) is 2.90. The number of amides is 1. The molecule has 2 heterocycles. The molecule has 1 amide bonds. The molecule has 9 heteroatoms. The van der Waals surface area contributed by atoms with E-state index < -0.39 is 12.1 Å². The van der Waals surface area contributed by atoms with Crippen LogP contribution in [0.15, 0.2) is 36.4 Å². The zero-order valence-electron chi connectivity index (χ0n) is 13.9. The van der Waals surface area contributed by atoms with Gasteiger partial charge in [0.05, 0.1) is 0 Å². The van der Waals surface area contributed by atoms with Gasteiger partial charge in [0.25, 0.3) is 0 Å². The van der Waals surface area contributed by atoms with E-state index in [1.165, 1.54) is 0 Å². The Balaban J connectivity index is 1.58. The Morgan fingerprint density at radius 2 is 1.26 bits per heavy atom. The molecule has 0 unspecified atom stereocenters. The van der Waals surface area contributed by atoms with Crippen LogP contribution in [0.2, 0.25) is 0 Å². The van der Waals surface area contributed by atoms with Crippen molar-refractivity contribution in [1.29, 1.82) is 0 Å². The maximum Gasteiger partial charge on any atom is 0.471 e. The van der Waals surface area contributed by atoms with Crippen LogP contribution >= 0.6 is 0 Å². The highest BCUT2D eigenvalue weighted by Gasteiger charge is 2.42. The summed E-state index contributed by atoms with van der Waals surface area (Å²) in [5, 5.41) is 0. The summed E-state index contributed by atoms with van der Waals surface area (Å²) in [5.74, 6) is -0.00533. The lowest BCUT2D eigenvalue weighted by Crippen LogP contribution is -2.40. The molecule has 0 radical (unpaired) electrons. The van der Waals surface area contributed by atoms with E-state index in [0.29, 0.717) is 34.1 Å². The first-order valence-electron chi connectivity index (χ1n) is 8.03. The first-order chi connectivity index (χ1) is 12.9. The van der Waals surface area contributed by atoms with Gasteiger partial charge in [-0.1, -0.05) is 12.1 Å². The summed E-state index contributed by atoms with van der Waals surface area (Å²) < 4.78 is 60.0. The third-order valence-corrected chi connectivity index (χ3v) is 4.15. The normalized spacial score (nSPS) is 14.3. The average Bonchev–Trinajstić information content (AvgIpc) is 3.27. The van der Waals surface area contributed by atoms with Gasteiger partial charge < -0.3 is 23.8 Å². The van der Waals surface area contributed by atoms with E-state index in [4.69, 9.17) is 18.9 Å². The second kappa shape index (κ2) is 6.57. The van der Waals surface area contributed by atoms with Crippen LogP contribution in [0.4, 0.5) is 13.2 Å².